The molecule has 0 aromatic heterocycles. The molecule has 0 aliphatic carbocycles. The van der Waals surface area contributed by atoms with Crippen LogP contribution in [0.2, 0.25) is 0 Å². The Kier molecular flexibility index (Phi) is 9.03. The molecule has 48 valence electrons. The van der Waals surface area contributed by atoms with Crippen molar-refractivity contribution < 1.29 is 49.8 Å². The maximum atomic E-state index is 10.1. The Morgan fingerprint density at radius 1 is 1.89 bits per heavy atom. The molecule has 0 spiro atoms. The van der Waals surface area contributed by atoms with Crippen molar-refractivity contribution in [1.82, 2.24) is 0 Å². The number of hydrogen-bond acceptors (Lipinski definition) is 3. The van der Waals surface area contributed by atoms with Crippen LogP contribution in [0.4, 0.5) is 0 Å². The van der Waals surface area contributed by atoms with Gasteiger partial charge in [-0.2, -0.15) is 4.52 Å². The van der Waals surface area contributed by atoms with E-state index in [4.69, 9.17) is 4.89 Å². The molecule has 1 unspecified atom stereocenters. The number of rotatable bonds is 2. The molecule has 9 heavy (non-hydrogen) atoms. The summed E-state index contributed by atoms with van der Waals surface area (Å²) in [6, 6.07) is 0. The van der Waals surface area contributed by atoms with Gasteiger partial charge in [-0.3, -0.25) is 0 Å². The van der Waals surface area contributed by atoms with Gasteiger partial charge < -0.3 is 1.43 Å². The van der Waals surface area contributed by atoms with Crippen LogP contribution in [-0.4, -0.2) is 10.9 Å². The van der Waals surface area contributed by atoms with Crippen LogP contribution in [0.15, 0.2) is 0 Å². The smallest absolute Gasteiger partial charge is 1.00 e. The summed E-state index contributed by atoms with van der Waals surface area (Å²) in [7, 11) is -2.75. The fraction of sp³-hybridized carbons (Fsp3) is 0.667. The van der Waals surface area contributed by atoms with Gasteiger partial charge in [-0.1, -0.05) is 6.92 Å². The van der Waals surface area contributed by atoms with Gasteiger partial charge in [-0.15, -0.1) is 4.89 Å². The summed E-state index contributed by atoms with van der Waals surface area (Å²) in [4.78, 5) is 18.0. The van der Waals surface area contributed by atoms with Crippen LogP contribution in [0.5, 0.6) is 0 Å². The van der Waals surface area contributed by atoms with Crippen molar-refractivity contribution in [2.24, 2.45) is 0 Å². The summed E-state index contributed by atoms with van der Waals surface area (Å²) in [6.45, 7) is 1.54. The monoisotopic (exact) mass is 161 g/mol. The van der Waals surface area contributed by atoms with Gasteiger partial charge in [0.05, 0.1) is 0 Å². The molecule has 1 atom stereocenters. The summed E-state index contributed by atoms with van der Waals surface area (Å²) < 4.78 is 13.5. The number of carbonyl (C=O) groups excluding carboxylic acids is 1. The Balaban J connectivity index is -0.000000245. The molecule has 0 saturated heterocycles. The van der Waals surface area contributed by atoms with E-state index in [2.05, 4.69) is 4.52 Å². The molecule has 0 fully saturated rings. The molecule has 1 N–H and O–H groups in total. The fourth-order valence-electron chi connectivity index (χ4n) is 0.152. The van der Waals surface area contributed by atoms with E-state index in [1.165, 1.54) is 0 Å². The number of carbonyl (C=O) groups is 1. The van der Waals surface area contributed by atoms with Crippen LogP contribution in [0.1, 0.15) is 14.8 Å². The molecule has 0 rings (SSSR count). The Bertz CT molecular complexity index is 119. The van der Waals surface area contributed by atoms with Gasteiger partial charge in [0.15, 0.2) is 0 Å². The predicted molar refractivity (Wildman–Crippen MR) is 27.3 cm³/mol. The molecule has 6 heteroatoms. The van der Waals surface area contributed by atoms with Gasteiger partial charge in [0.2, 0.25) is 0 Å². The molecule has 0 aromatic rings. The van der Waals surface area contributed by atoms with Gasteiger partial charge in [0.25, 0.3) is 0 Å². The van der Waals surface area contributed by atoms with Crippen molar-refractivity contribution in [3.8, 4) is 0 Å². The second-order valence-corrected chi connectivity index (χ2v) is 1.71. The van der Waals surface area contributed by atoms with Gasteiger partial charge >= 0.3 is 43.8 Å². The zero-order valence-corrected chi connectivity index (χ0v) is 8.22. The maximum Gasteiger partial charge on any atom is 1.00 e. The minimum absolute atomic E-state index is 0. The normalized spacial score (nSPS) is 9.33. The van der Waals surface area contributed by atoms with Crippen molar-refractivity contribution in [2.75, 3.05) is 0 Å². The topological polar surface area (TPSA) is 63.6 Å². The van der Waals surface area contributed by atoms with Crippen molar-refractivity contribution in [2.45, 2.75) is 13.3 Å². The van der Waals surface area contributed by atoms with Crippen LogP contribution >= 0.6 is 8.25 Å². The molecule has 0 heterocycles. The zero-order chi connectivity index (χ0) is 6.57. The molecule has 0 amide bonds. The quantitative estimate of drug-likeness (QED) is 0.365. The van der Waals surface area contributed by atoms with E-state index in [0.29, 0.717) is 0 Å². The first-order chi connectivity index (χ1) is 3.66. The summed E-state index contributed by atoms with van der Waals surface area (Å²) in [5.41, 5.74) is 0. The maximum absolute atomic E-state index is 10.1. The van der Waals surface area contributed by atoms with E-state index in [1.54, 1.807) is 6.92 Å². The van der Waals surface area contributed by atoms with Gasteiger partial charge in [0.1, 0.15) is 0 Å². The second-order valence-electron chi connectivity index (χ2n) is 1.05. The summed E-state index contributed by atoms with van der Waals surface area (Å²) >= 11 is 0. The largest absolute Gasteiger partial charge is 1.00 e. The first kappa shape index (κ1) is 12.2. The average Bonchev–Trinajstić information content (AvgIpc) is 1.65. The Morgan fingerprint density at radius 3 is 2.44 bits per heavy atom. The van der Waals surface area contributed by atoms with Gasteiger partial charge in [0, 0.05) is 11.0 Å². The standard InChI is InChI=1S/C3H5O4P.Na.H/c1-2-3(4)7-8(5)6;;/h2H2,1H3;;/q;+1;-1/p+1. The third kappa shape index (κ3) is 8.53. The molecule has 0 radical (unpaired) electrons. The first-order valence-corrected chi connectivity index (χ1v) is 3.16. The average molecular weight is 161 g/mol. The van der Waals surface area contributed by atoms with E-state index in [1.807, 2.05) is 0 Å². The molecular formula is C3H7NaO4P+. The minimum Gasteiger partial charge on any atom is -1.00 e. The van der Waals surface area contributed by atoms with E-state index in [-0.39, 0.29) is 37.4 Å². The SMILES string of the molecule is CCC(=O)O[P+](=O)O.[H-].[Na+]. The Labute approximate surface area is 77.3 Å². The zero-order valence-electron chi connectivity index (χ0n) is 6.33. The Hall–Kier alpha value is 0.530. The Morgan fingerprint density at radius 2 is 2.33 bits per heavy atom. The molecular weight excluding hydrogens is 154 g/mol. The van der Waals surface area contributed by atoms with Gasteiger partial charge in [-0.25, -0.2) is 4.79 Å². The van der Waals surface area contributed by atoms with Crippen LogP contribution in [0.3, 0.4) is 0 Å². The summed E-state index contributed by atoms with van der Waals surface area (Å²) in [6.07, 6.45) is 0.127. The second kappa shape index (κ2) is 6.65. The molecule has 0 aliphatic rings. The minimum atomic E-state index is -2.75. The van der Waals surface area contributed by atoms with Crippen molar-refractivity contribution >= 4 is 14.2 Å². The van der Waals surface area contributed by atoms with Crippen LogP contribution in [-0.2, 0) is 13.9 Å². The van der Waals surface area contributed by atoms with Crippen molar-refractivity contribution in [3.05, 3.63) is 0 Å². The molecule has 0 aliphatic heterocycles. The van der Waals surface area contributed by atoms with E-state index in [9.17, 15) is 9.36 Å². The third-order valence-electron chi connectivity index (χ3n) is 0.469. The van der Waals surface area contributed by atoms with E-state index in [0.717, 1.165) is 0 Å². The molecule has 4 nitrogen and oxygen atoms in total. The summed E-state index contributed by atoms with van der Waals surface area (Å²) in [5.74, 6) is -0.659. The predicted octanol–water partition coefficient (Wildman–Crippen LogP) is -2.29. The summed E-state index contributed by atoms with van der Waals surface area (Å²) in [5, 5.41) is 0. The van der Waals surface area contributed by atoms with Crippen LogP contribution in [0, 0.1) is 0 Å². The number of hydrogen-bond donors (Lipinski definition) is 1. The first-order valence-electron chi connectivity index (χ1n) is 2.03. The van der Waals surface area contributed by atoms with E-state index < -0.39 is 14.2 Å². The molecule has 0 saturated carbocycles. The van der Waals surface area contributed by atoms with Crippen molar-refractivity contribution in [3.63, 3.8) is 0 Å². The van der Waals surface area contributed by atoms with E-state index >= 15 is 0 Å². The van der Waals surface area contributed by atoms with Gasteiger partial charge in [-0.05, 0) is 0 Å². The third-order valence-corrected chi connectivity index (χ3v) is 0.828. The van der Waals surface area contributed by atoms with Crippen molar-refractivity contribution in [1.29, 1.82) is 0 Å². The fourth-order valence-corrected chi connectivity index (χ4v) is 0.455. The molecule has 0 aromatic carbocycles. The van der Waals surface area contributed by atoms with Crippen LogP contribution in [0.25, 0.3) is 0 Å². The van der Waals surface area contributed by atoms with Crippen LogP contribution < -0.4 is 29.6 Å². The molecule has 0 bridgehead atoms.